The van der Waals surface area contributed by atoms with Crippen LogP contribution in [-0.4, -0.2) is 17.9 Å². The van der Waals surface area contributed by atoms with Gasteiger partial charge < -0.3 is 15.1 Å². The fourth-order valence-electron chi connectivity index (χ4n) is 3.56. The average Bonchev–Trinajstić information content (AvgIpc) is 3.01. The van der Waals surface area contributed by atoms with Gasteiger partial charge in [-0.3, -0.25) is 9.59 Å². The average molecular weight is 348 g/mol. The molecule has 0 radical (unpaired) electrons. The lowest BCUT2D eigenvalue weighted by molar-refractivity contribution is -0.123. The molecule has 1 aromatic heterocycles. The number of fused-ring (bicyclic) bond motifs is 1. The minimum absolute atomic E-state index is 0.00395. The molecule has 0 aliphatic carbocycles. The number of aryl methyl sites for hydroxylation is 1. The first-order chi connectivity index (χ1) is 12.6. The first kappa shape index (κ1) is 16.4. The van der Waals surface area contributed by atoms with E-state index in [9.17, 15) is 9.59 Å². The molecule has 26 heavy (non-hydrogen) atoms. The zero-order chi connectivity index (χ0) is 18.1. The Morgan fingerprint density at radius 2 is 1.85 bits per heavy atom. The minimum atomic E-state index is -0.249. The van der Waals surface area contributed by atoms with Gasteiger partial charge in [-0.05, 0) is 25.0 Å². The van der Waals surface area contributed by atoms with E-state index >= 15 is 0 Å². The third kappa shape index (κ3) is 2.96. The van der Waals surface area contributed by atoms with Crippen molar-refractivity contribution in [2.45, 2.75) is 31.8 Å². The van der Waals surface area contributed by atoms with Crippen LogP contribution in [0.15, 0.2) is 59.0 Å². The van der Waals surface area contributed by atoms with Crippen LogP contribution < -0.4 is 10.6 Å². The molecule has 2 atom stereocenters. The Balaban J connectivity index is 1.60. The van der Waals surface area contributed by atoms with E-state index in [-0.39, 0.29) is 23.9 Å². The number of hydrogen-bond acceptors (Lipinski definition) is 3. The third-order valence-corrected chi connectivity index (χ3v) is 4.93. The Bertz CT molecular complexity index is 962. The number of furan rings is 1. The smallest absolute Gasteiger partial charge is 0.287 e. The lowest BCUT2D eigenvalue weighted by Crippen LogP contribution is -2.50. The molecular formula is C21H20N2O3. The van der Waals surface area contributed by atoms with Gasteiger partial charge in [-0.1, -0.05) is 48.5 Å². The van der Waals surface area contributed by atoms with E-state index in [1.165, 1.54) is 0 Å². The van der Waals surface area contributed by atoms with Gasteiger partial charge in [0.25, 0.3) is 5.91 Å². The van der Waals surface area contributed by atoms with Crippen LogP contribution in [0.4, 0.5) is 0 Å². The Morgan fingerprint density at radius 1 is 1.12 bits per heavy atom. The summed E-state index contributed by atoms with van der Waals surface area (Å²) >= 11 is 0. The predicted octanol–water partition coefficient (Wildman–Crippen LogP) is 3.49. The zero-order valence-corrected chi connectivity index (χ0v) is 14.5. The summed E-state index contributed by atoms with van der Waals surface area (Å²) in [4.78, 5) is 24.7. The van der Waals surface area contributed by atoms with Gasteiger partial charge >= 0.3 is 0 Å². The maximum absolute atomic E-state index is 12.8. The number of piperidine rings is 1. The van der Waals surface area contributed by atoms with E-state index in [0.29, 0.717) is 24.2 Å². The highest BCUT2D eigenvalue weighted by molar-refractivity contribution is 5.99. The lowest BCUT2D eigenvalue weighted by Gasteiger charge is -2.33. The summed E-state index contributed by atoms with van der Waals surface area (Å²) < 4.78 is 5.76. The fraction of sp³-hybridized carbons (Fsp3) is 0.238. The largest absolute Gasteiger partial charge is 0.451 e. The van der Waals surface area contributed by atoms with E-state index in [1.54, 1.807) is 0 Å². The minimum Gasteiger partial charge on any atom is -0.451 e. The van der Waals surface area contributed by atoms with Crippen LogP contribution >= 0.6 is 0 Å². The summed E-state index contributed by atoms with van der Waals surface area (Å²) in [5.41, 5.74) is 2.51. The molecule has 1 aliphatic rings. The molecule has 1 fully saturated rings. The molecule has 5 nitrogen and oxygen atoms in total. The van der Waals surface area contributed by atoms with Crippen molar-refractivity contribution in [2.24, 2.45) is 0 Å². The molecule has 3 aromatic rings. The van der Waals surface area contributed by atoms with Crippen molar-refractivity contribution in [3.63, 3.8) is 0 Å². The zero-order valence-electron chi connectivity index (χ0n) is 14.5. The van der Waals surface area contributed by atoms with Gasteiger partial charge in [0.05, 0.1) is 12.1 Å². The topological polar surface area (TPSA) is 71.3 Å². The lowest BCUT2D eigenvalue weighted by atomic mass is 9.92. The molecule has 5 heteroatoms. The molecule has 2 heterocycles. The summed E-state index contributed by atoms with van der Waals surface area (Å²) in [7, 11) is 0. The highest BCUT2D eigenvalue weighted by Gasteiger charge is 2.32. The number of para-hydroxylation sites is 1. The first-order valence-electron chi connectivity index (χ1n) is 8.77. The number of nitrogens with one attached hydrogen (secondary N) is 2. The van der Waals surface area contributed by atoms with Gasteiger partial charge in [-0.15, -0.1) is 0 Å². The van der Waals surface area contributed by atoms with Crippen LogP contribution in [0.25, 0.3) is 11.0 Å². The van der Waals surface area contributed by atoms with Crippen molar-refractivity contribution in [1.29, 1.82) is 0 Å². The molecule has 1 aliphatic heterocycles. The maximum Gasteiger partial charge on any atom is 0.287 e. The van der Waals surface area contributed by atoms with E-state index in [0.717, 1.165) is 16.5 Å². The number of carbonyl (C=O) groups is 2. The molecule has 2 aromatic carbocycles. The molecule has 2 amide bonds. The van der Waals surface area contributed by atoms with Crippen LogP contribution in [0.1, 0.15) is 40.6 Å². The second kappa shape index (κ2) is 6.67. The van der Waals surface area contributed by atoms with Crippen LogP contribution in [0.5, 0.6) is 0 Å². The van der Waals surface area contributed by atoms with E-state index in [1.807, 2.05) is 61.5 Å². The van der Waals surface area contributed by atoms with Crippen molar-refractivity contribution >= 4 is 22.8 Å². The Morgan fingerprint density at radius 3 is 2.62 bits per heavy atom. The van der Waals surface area contributed by atoms with Crippen LogP contribution in [0.2, 0.25) is 0 Å². The highest BCUT2D eigenvalue weighted by atomic mass is 16.3. The molecule has 4 rings (SSSR count). The maximum atomic E-state index is 12.8. The quantitative estimate of drug-likeness (QED) is 0.761. The summed E-state index contributed by atoms with van der Waals surface area (Å²) in [5.74, 6) is 0.0833. The molecule has 0 spiro atoms. The van der Waals surface area contributed by atoms with Gasteiger partial charge in [-0.25, -0.2) is 0 Å². The monoisotopic (exact) mass is 348 g/mol. The van der Waals surface area contributed by atoms with Crippen LogP contribution in [0.3, 0.4) is 0 Å². The Kier molecular flexibility index (Phi) is 4.21. The number of rotatable bonds is 3. The van der Waals surface area contributed by atoms with Crippen molar-refractivity contribution in [3.8, 4) is 0 Å². The van der Waals surface area contributed by atoms with Gasteiger partial charge in [-0.2, -0.15) is 0 Å². The van der Waals surface area contributed by atoms with Crippen LogP contribution in [0, 0.1) is 6.92 Å². The third-order valence-electron chi connectivity index (χ3n) is 4.93. The van der Waals surface area contributed by atoms with Crippen molar-refractivity contribution in [2.75, 3.05) is 0 Å². The van der Waals surface area contributed by atoms with Crippen LogP contribution in [-0.2, 0) is 4.79 Å². The van der Waals surface area contributed by atoms with E-state index in [2.05, 4.69) is 10.6 Å². The van der Waals surface area contributed by atoms with Crippen molar-refractivity contribution in [3.05, 3.63) is 71.5 Å². The first-order valence-corrected chi connectivity index (χ1v) is 8.77. The van der Waals surface area contributed by atoms with Gasteiger partial charge in [0.15, 0.2) is 5.76 Å². The number of carbonyl (C=O) groups excluding carboxylic acids is 2. The summed E-state index contributed by atoms with van der Waals surface area (Å²) in [5, 5.41) is 6.99. The number of amides is 2. The van der Waals surface area contributed by atoms with Crippen molar-refractivity contribution < 1.29 is 14.0 Å². The summed E-state index contributed by atoms with van der Waals surface area (Å²) in [6.45, 7) is 1.89. The summed E-state index contributed by atoms with van der Waals surface area (Å²) in [6, 6.07) is 16.9. The van der Waals surface area contributed by atoms with Crippen molar-refractivity contribution in [1.82, 2.24) is 10.6 Å². The number of hydrogen-bond donors (Lipinski definition) is 2. The second-order valence-electron chi connectivity index (χ2n) is 6.63. The fourth-order valence-corrected chi connectivity index (χ4v) is 3.56. The van der Waals surface area contributed by atoms with E-state index < -0.39 is 0 Å². The Hall–Kier alpha value is -3.08. The van der Waals surface area contributed by atoms with Gasteiger partial charge in [0.2, 0.25) is 5.91 Å². The summed E-state index contributed by atoms with van der Waals surface area (Å²) in [6.07, 6.45) is 0.990. The molecule has 0 saturated carbocycles. The second-order valence-corrected chi connectivity index (χ2v) is 6.63. The molecule has 0 bridgehead atoms. The Labute approximate surface area is 151 Å². The predicted molar refractivity (Wildman–Crippen MR) is 98.8 cm³/mol. The number of benzene rings is 2. The molecule has 1 saturated heterocycles. The molecule has 132 valence electrons. The van der Waals surface area contributed by atoms with Gasteiger partial charge in [0, 0.05) is 17.4 Å². The van der Waals surface area contributed by atoms with E-state index in [4.69, 9.17) is 4.42 Å². The van der Waals surface area contributed by atoms with Gasteiger partial charge in [0.1, 0.15) is 5.58 Å². The SMILES string of the molecule is Cc1c(C(=O)N[C@@H]2CCC(=O)N[C@@H]2c2ccccc2)oc2ccccc12. The highest BCUT2D eigenvalue weighted by Crippen LogP contribution is 2.27. The molecular weight excluding hydrogens is 328 g/mol. The molecule has 2 N–H and O–H groups in total. The normalized spacial score (nSPS) is 20.0. The molecule has 0 unspecified atom stereocenters. The standard InChI is InChI=1S/C21H20N2O3/c1-13-15-9-5-6-10-17(15)26-20(13)21(25)22-16-11-12-18(24)23-19(16)14-7-3-2-4-8-14/h2-10,16,19H,11-12H2,1H3,(H,22,25)(H,23,24)/t16-,19-/m1/s1.